The van der Waals surface area contributed by atoms with E-state index in [4.69, 9.17) is 13.9 Å². The van der Waals surface area contributed by atoms with Crippen LogP contribution in [0.25, 0.3) is 11.0 Å². The van der Waals surface area contributed by atoms with Crippen molar-refractivity contribution in [2.45, 2.75) is 78.1 Å². The van der Waals surface area contributed by atoms with Gasteiger partial charge in [0.1, 0.15) is 23.2 Å². The largest absolute Gasteiger partial charge is 0.489 e. The highest BCUT2D eigenvalue weighted by molar-refractivity contribution is 5.94. The molecule has 4 rings (SSSR count). The van der Waals surface area contributed by atoms with E-state index in [1.165, 1.54) is 0 Å². The number of aliphatic hydroxyl groups excluding tert-OH is 1. The van der Waals surface area contributed by atoms with Crippen LogP contribution >= 0.6 is 0 Å². The van der Waals surface area contributed by atoms with Crippen LogP contribution in [-0.2, 0) is 12.8 Å². The first-order valence-electron chi connectivity index (χ1n) is 9.92. The molecule has 1 unspecified atom stereocenters. The van der Waals surface area contributed by atoms with Crippen molar-refractivity contribution in [2.75, 3.05) is 0 Å². The van der Waals surface area contributed by atoms with Crippen molar-refractivity contribution in [2.24, 2.45) is 5.92 Å². The van der Waals surface area contributed by atoms with E-state index in [1.54, 1.807) is 6.07 Å². The maximum Gasteiger partial charge on any atom is 0.336 e. The van der Waals surface area contributed by atoms with Crippen LogP contribution in [0.3, 0.4) is 0 Å². The molecule has 2 aliphatic heterocycles. The van der Waals surface area contributed by atoms with E-state index in [9.17, 15) is 9.90 Å². The summed E-state index contributed by atoms with van der Waals surface area (Å²) in [5, 5.41) is 11.9. The van der Waals surface area contributed by atoms with Gasteiger partial charge in [-0.25, -0.2) is 4.79 Å². The molecule has 1 aromatic carbocycles. The van der Waals surface area contributed by atoms with Crippen molar-refractivity contribution in [3.05, 3.63) is 33.2 Å². The highest BCUT2D eigenvalue weighted by Gasteiger charge is 2.41. The fraction of sp³-hybridized carbons (Fsp3) is 0.591. The maximum atomic E-state index is 12.3. The Labute approximate surface area is 159 Å². The highest BCUT2D eigenvalue weighted by Crippen LogP contribution is 2.52. The Morgan fingerprint density at radius 2 is 2.00 bits per heavy atom. The molecule has 0 saturated carbocycles. The molecule has 3 atom stereocenters. The van der Waals surface area contributed by atoms with Crippen molar-refractivity contribution >= 4 is 11.0 Å². The van der Waals surface area contributed by atoms with Crippen molar-refractivity contribution in [3.63, 3.8) is 0 Å². The van der Waals surface area contributed by atoms with Crippen LogP contribution in [0.5, 0.6) is 11.5 Å². The van der Waals surface area contributed by atoms with E-state index in [0.717, 1.165) is 47.9 Å². The van der Waals surface area contributed by atoms with Crippen LogP contribution in [0.2, 0.25) is 0 Å². The average molecular weight is 372 g/mol. The standard InChI is InChI=1S/C22H28O5/c1-6-7-13-10-15(23)26-21-16(13)20-14(8-9-22(4,5)27-20)19-17(21)18(24)11(2)12(3)25-19/h10-12,18,24H,6-9H2,1-5H3/t11?,12-,18+/m1/s1. The minimum Gasteiger partial charge on any atom is -0.489 e. The lowest BCUT2D eigenvalue weighted by molar-refractivity contribution is 0.0151. The van der Waals surface area contributed by atoms with Gasteiger partial charge >= 0.3 is 5.63 Å². The quantitative estimate of drug-likeness (QED) is 0.796. The first kappa shape index (κ1) is 18.4. The van der Waals surface area contributed by atoms with Gasteiger partial charge in [0.15, 0.2) is 5.58 Å². The summed E-state index contributed by atoms with van der Waals surface area (Å²) in [4.78, 5) is 12.3. The Bertz CT molecular complexity index is 956. The molecule has 0 bridgehead atoms. The summed E-state index contributed by atoms with van der Waals surface area (Å²) in [5.41, 5.74) is 2.22. The molecule has 1 aromatic heterocycles. The first-order chi connectivity index (χ1) is 12.7. The van der Waals surface area contributed by atoms with Gasteiger partial charge in [-0.3, -0.25) is 0 Å². The number of benzene rings is 1. The Kier molecular flexibility index (Phi) is 4.26. The maximum absolute atomic E-state index is 12.3. The molecule has 5 heteroatoms. The molecule has 0 radical (unpaired) electrons. The lowest BCUT2D eigenvalue weighted by Crippen LogP contribution is -2.36. The summed E-state index contributed by atoms with van der Waals surface area (Å²) in [6.45, 7) is 10.1. The summed E-state index contributed by atoms with van der Waals surface area (Å²) in [7, 11) is 0. The molecule has 1 N–H and O–H groups in total. The summed E-state index contributed by atoms with van der Waals surface area (Å²) in [6.07, 6.45) is 2.45. The third-order valence-corrected chi connectivity index (χ3v) is 6.02. The highest BCUT2D eigenvalue weighted by atomic mass is 16.5. The number of hydrogen-bond acceptors (Lipinski definition) is 5. The van der Waals surface area contributed by atoms with E-state index in [1.807, 2.05) is 13.8 Å². The molecule has 0 spiro atoms. The third-order valence-electron chi connectivity index (χ3n) is 6.02. The second-order valence-corrected chi connectivity index (χ2v) is 8.58. The van der Waals surface area contributed by atoms with Crippen molar-refractivity contribution in [3.8, 4) is 11.5 Å². The second kappa shape index (κ2) is 6.26. The van der Waals surface area contributed by atoms with Gasteiger partial charge in [-0.05, 0) is 45.6 Å². The third kappa shape index (κ3) is 2.83. The number of aryl methyl sites for hydroxylation is 1. The molecule has 2 aliphatic rings. The Morgan fingerprint density at radius 1 is 1.26 bits per heavy atom. The molecule has 0 amide bonds. The Balaban J connectivity index is 2.14. The molecule has 146 valence electrons. The molecular formula is C22H28O5. The summed E-state index contributed by atoms with van der Waals surface area (Å²) in [5.74, 6) is 1.30. The first-order valence-corrected chi connectivity index (χ1v) is 9.92. The van der Waals surface area contributed by atoms with Gasteiger partial charge in [-0.15, -0.1) is 0 Å². The number of rotatable bonds is 2. The zero-order valence-electron chi connectivity index (χ0n) is 16.7. The van der Waals surface area contributed by atoms with Gasteiger partial charge in [0, 0.05) is 17.5 Å². The number of fused-ring (bicyclic) bond motifs is 6. The molecule has 5 nitrogen and oxygen atoms in total. The van der Waals surface area contributed by atoms with Crippen LogP contribution in [0.1, 0.15) is 70.3 Å². The van der Waals surface area contributed by atoms with Gasteiger partial charge in [0.05, 0.1) is 17.1 Å². The molecule has 3 heterocycles. The normalized spacial score (nSPS) is 26.1. The minimum absolute atomic E-state index is 0.0974. The fourth-order valence-corrected chi connectivity index (χ4v) is 4.28. The second-order valence-electron chi connectivity index (χ2n) is 8.58. The van der Waals surface area contributed by atoms with Crippen molar-refractivity contribution < 1.29 is 19.0 Å². The molecular weight excluding hydrogens is 344 g/mol. The van der Waals surface area contributed by atoms with Crippen LogP contribution < -0.4 is 15.1 Å². The zero-order valence-corrected chi connectivity index (χ0v) is 16.7. The predicted molar refractivity (Wildman–Crippen MR) is 104 cm³/mol. The van der Waals surface area contributed by atoms with Crippen molar-refractivity contribution in [1.29, 1.82) is 0 Å². The summed E-state index contributed by atoms with van der Waals surface area (Å²) < 4.78 is 18.3. The Hall–Kier alpha value is -2.01. The number of ether oxygens (including phenoxy) is 2. The van der Waals surface area contributed by atoms with Gasteiger partial charge in [-0.1, -0.05) is 20.3 Å². The monoisotopic (exact) mass is 372 g/mol. The predicted octanol–water partition coefficient (Wildman–Crippen LogP) is 4.30. The van der Waals surface area contributed by atoms with Gasteiger partial charge in [0.2, 0.25) is 0 Å². The van der Waals surface area contributed by atoms with Gasteiger partial charge in [0.25, 0.3) is 0 Å². The van der Waals surface area contributed by atoms with E-state index < -0.39 is 11.7 Å². The van der Waals surface area contributed by atoms with Crippen molar-refractivity contribution in [1.82, 2.24) is 0 Å². The van der Waals surface area contributed by atoms with Crippen LogP contribution in [0.15, 0.2) is 15.3 Å². The van der Waals surface area contributed by atoms with Gasteiger partial charge < -0.3 is 19.0 Å². The van der Waals surface area contributed by atoms with Crippen LogP contribution in [0, 0.1) is 5.92 Å². The SMILES string of the molecule is CCCc1cc(=O)oc2c3c(c4c(c12)OC(C)(C)CC4)O[C@H](C)C(C)[C@@H]3O. The molecule has 0 fully saturated rings. The average Bonchev–Trinajstić information content (AvgIpc) is 2.58. The smallest absolute Gasteiger partial charge is 0.336 e. The zero-order chi connectivity index (χ0) is 19.5. The summed E-state index contributed by atoms with van der Waals surface area (Å²) >= 11 is 0. The lowest BCUT2D eigenvalue weighted by Gasteiger charge is -2.39. The molecule has 0 saturated heterocycles. The molecule has 27 heavy (non-hydrogen) atoms. The number of hydrogen-bond donors (Lipinski definition) is 1. The molecule has 0 aliphatic carbocycles. The Morgan fingerprint density at radius 3 is 2.70 bits per heavy atom. The molecule has 2 aromatic rings. The van der Waals surface area contributed by atoms with E-state index >= 15 is 0 Å². The van der Waals surface area contributed by atoms with E-state index in [-0.39, 0.29) is 17.6 Å². The fourth-order valence-electron chi connectivity index (χ4n) is 4.28. The number of aliphatic hydroxyl groups is 1. The minimum atomic E-state index is -0.744. The van der Waals surface area contributed by atoms with Crippen LogP contribution in [-0.4, -0.2) is 16.8 Å². The van der Waals surface area contributed by atoms with Crippen LogP contribution in [0.4, 0.5) is 0 Å². The van der Waals surface area contributed by atoms with Gasteiger partial charge in [-0.2, -0.15) is 0 Å². The summed E-state index contributed by atoms with van der Waals surface area (Å²) in [6, 6.07) is 1.56. The van der Waals surface area contributed by atoms with E-state index in [2.05, 4.69) is 20.8 Å². The van der Waals surface area contributed by atoms with E-state index in [0.29, 0.717) is 16.9 Å². The topological polar surface area (TPSA) is 68.9 Å². The lowest BCUT2D eigenvalue weighted by atomic mass is 9.83.